The first-order valence-electron chi connectivity index (χ1n) is 18.8. The van der Waals surface area contributed by atoms with Crippen molar-refractivity contribution < 1.29 is 80.2 Å². The summed E-state index contributed by atoms with van der Waals surface area (Å²) in [6.45, 7) is 3.82. The molecule has 0 aliphatic heterocycles. The Morgan fingerprint density at radius 3 is 1.23 bits per heavy atom. The normalized spacial score (nSPS) is 15.4. The highest BCUT2D eigenvalue weighted by molar-refractivity contribution is 7.47. The number of ether oxygens (including phenoxy) is 4. The van der Waals surface area contributed by atoms with E-state index in [1.807, 2.05) is 13.8 Å². The number of aliphatic hydroxyl groups excluding tert-OH is 1. The quantitative estimate of drug-likeness (QED) is 0.0278. The fourth-order valence-electron chi connectivity index (χ4n) is 4.37. The number of hydrogen-bond donors (Lipinski definition) is 3. The molecule has 0 rings (SSSR count). The highest BCUT2D eigenvalue weighted by atomic mass is 31.2. The molecule has 19 heteroatoms. The topological polar surface area (TPSA) is 237 Å². The molecule has 53 heavy (non-hydrogen) atoms. The molecule has 0 aromatic carbocycles. The summed E-state index contributed by atoms with van der Waals surface area (Å²) in [6.07, 6.45) is 7.00. The van der Waals surface area contributed by atoms with Crippen LogP contribution >= 0.6 is 15.6 Å². The van der Waals surface area contributed by atoms with Crippen LogP contribution < -0.4 is 0 Å². The van der Waals surface area contributed by atoms with Crippen molar-refractivity contribution in [2.75, 3.05) is 39.6 Å². The SMILES string of the molecule is CCCCCCCC(=O)O[C@H](COC(=O)CCCCCC)COP(=O)(O)OC[C@H](O)COP(=O)(O)OC[C@H](COC(=O)CCCCC)OC(=O)CCC. The van der Waals surface area contributed by atoms with Gasteiger partial charge in [-0.05, 0) is 25.7 Å². The van der Waals surface area contributed by atoms with Crippen LogP contribution in [0.15, 0.2) is 0 Å². The summed E-state index contributed by atoms with van der Waals surface area (Å²) in [6, 6.07) is 0. The average molecular weight is 807 g/mol. The van der Waals surface area contributed by atoms with Gasteiger partial charge in [-0.2, -0.15) is 0 Å². The van der Waals surface area contributed by atoms with Crippen LogP contribution in [0, 0.1) is 0 Å². The summed E-state index contributed by atoms with van der Waals surface area (Å²) in [5, 5.41) is 10.2. The van der Waals surface area contributed by atoms with Crippen molar-refractivity contribution in [1.82, 2.24) is 0 Å². The van der Waals surface area contributed by atoms with Crippen molar-refractivity contribution in [1.29, 1.82) is 0 Å². The Morgan fingerprint density at radius 1 is 0.453 bits per heavy atom. The van der Waals surface area contributed by atoms with Gasteiger partial charge in [0.2, 0.25) is 0 Å². The number of phosphoric acid groups is 2. The van der Waals surface area contributed by atoms with Crippen molar-refractivity contribution in [2.24, 2.45) is 0 Å². The zero-order chi connectivity index (χ0) is 40.0. The maximum Gasteiger partial charge on any atom is 0.472 e. The van der Waals surface area contributed by atoms with Crippen molar-refractivity contribution in [3.63, 3.8) is 0 Å². The molecule has 0 amide bonds. The van der Waals surface area contributed by atoms with E-state index in [0.717, 1.165) is 57.8 Å². The van der Waals surface area contributed by atoms with Crippen molar-refractivity contribution in [3.05, 3.63) is 0 Å². The van der Waals surface area contributed by atoms with Crippen LogP contribution in [0.3, 0.4) is 0 Å². The first-order valence-corrected chi connectivity index (χ1v) is 21.8. The molecule has 0 aromatic heterocycles. The van der Waals surface area contributed by atoms with E-state index < -0.39 is 97.5 Å². The van der Waals surface area contributed by atoms with E-state index in [4.69, 9.17) is 37.0 Å². The Morgan fingerprint density at radius 2 is 0.792 bits per heavy atom. The first-order chi connectivity index (χ1) is 25.2. The summed E-state index contributed by atoms with van der Waals surface area (Å²) in [4.78, 5) is 68.7. The summed E-state index contributed by atoms with van der Waals surface area (Å²) < 4.78 is 65.1. The molecule has 0 aliphatic rings. The van der Waals surface area contributed by atoms with Gasteiger partial charge < -0.3 is 33.8 Å². The number of unbranched alkanes of at least 4 members (excludes halogenated alkanes) is 9. The van der Waals surface area contributed by atoms with E-state index in [2.05, 4.69) is 6.92 Å². The van der Waals surface area contributed by atoms with E-state index in [1.165, 1.54) is 0 Å². The van der Waals surface area contributed by atoms with Crippen LogP contribution in [0.25, 0.3) is 0 Å². The molecular formula is C34H64O17P2. The molecule has 0 aromatic rings. The lowest BCUT2D eigenvalue weighted by Gasteiger charge is -2.21. The molecule has 0 fully saturated rings. The number of carbonyl (C=O) groups excluding carboxylic acids is 4. The lowest BCUT2D eigenvalue weighted by Crippen LogP contribution is -2.30. The minimum absolute atomic E-state index is 0.0521. The number of aliphatic hydroxyl groups is 1. The Hall–Kier alpha value is -1.94. The third-order valence-corrected chi connectivity index (χ3v) is 9.22. The van der Waals surface area contributed by atoms with E-state index in [9.17, 15) is 43.2 Å². The standard InChI is InChI=1S/C34H64O17P2/c1-5-9-12-14-17-21-34(39)51-30(25-45-32(37)20-16-13-10-6-2)27-49-53(42,43)47-23-28(35)22-46-52(40,41)48-26-29(50-33(38)18-8-4)24-44-31(36)19-15-11-7-3/h28-30,35H,5-27H2,1-4H3,(H,40,41)(H,42,43)/t28-,29+,30-/m1/s1. The van der Waals surface area contributed by atoms with Gasteiger partial charge in [0, 0.05) is 25.7 Å². The van der Waals surface area contributed by atoms with Gasteiger partial charge in [-0.1, -0.05) is 85.5 Å². The molecule has 0 saturated heterocycles. The predicted molar refractivity (Wildman–Crippen MR) is 192 cm³/mol. The molecule has 0 heterocycles. The van der Waals surface area contributed by atoms with E-state index in [-0.39, 0.29) is 25.7 Å². The number of carbonyl (C=O) groups is 4. The lowest BCUT2D eigenvalue weighted by molar-refractivity contribution is -0.161. The van der Waals surface area contributed by atoms with Gasteiger partial charge in [-0.25, -0.2) is 9.13 Å². The smallest absolute Gasteiger partial charge is 0.462 e. The monoisotopic (exact) mass is 806 g/mol. The fourth-order valence-corrected chi connectivity index (χ4v) is 5.95. The highest BCUT2D eigenvalue weighted by Crippen LogP contribution is 2.45. The van der Waals surface area contributed by atoms with Gasteiger partial charge in [-0.3, -0.25) is 37.3 Å². The molecule has 0 spiro atoms. The summed E-state index contributed by atoms with van der Waals surface area (Å²) in [5.74, 6) is -2.29. The van der Waals surface area contributed by atoms with E-state index in [1.54, 1.807) is 6.92 Å². The zero-order valence-electron chi connectivity index (χ0n) is 31.9. The molecule has 5 atom stereocenters. The molecule has 17 nitrogen and oxygen atoms in total. The second kappa shape index (κ2) is 31.3. The number of rotatable bonds is 35. The number of esters is 4. The van der Waals surface area contributed by atoms with Crippen LogP contribution in [0.1, 0.15) is 137 Å². The van der Waals surface area contributed by atoms with Crippen LogP contribution in [-0.4, -0.2) is 96.7 Å². The maximum absolute atomic E-state index is 12.5. The third kappa shape index (κ3) is 31.0. The first kappa shape index (κ1) is 51.1. The second-order valence-electron chi connectivity index (χ2n) is 12.5. The Kier molecular flexibility index (Phi) is 30.1. The number of hydrogen-bond acceptors (Lipinski definition) is 15. The van der Waals surface area contributed by atoms with E-state index >= 15 is 0 Å². The minimum Gasteiger partial charge on any atom is -0.462 e. The molecule has 0 aliphatic carbocycles. The fraction of sp³-hybridized carbons (Fsp3) is 0.882. The Bertz CT molecular complexity index is 1110. The Labute approximate surface area is 314 Å². The molecular weight excluding hydrogens is 742 g/mol. The number of phosphoric ester groups is 2. The van der Waals surface area contributed by atoms with Gasteiger partial charge >= 0.3 is 39.5 Å². The molecule has 0 radical (unpaired) electrons. The van der Waals surface area contributed by atoms with Crippen LogP contribution in [0.5, 0.6) is 0 Å². The van der Waals surface area contributed by atoms with Crippen molar-refractivity contribution in [3.8, 4) is 0 Å². The average Bonchev–Trinajstić information content (AvgIpc) is 3.11. The van der Waals surface area contributed by atoms with Crippen LogP contribution in [0.2, 0.25) is 0 Å². The molecule has 3 N–H and O–H groups in total. The summed E-state index contributed by atoms with van der Waals surface area (Å²) in [5.41, 5.74) is 0. The van der Waals surface area contributed by atoms with Crippen molar-refractivity contribution in [2.45, 2.75) is 155 Å². The largest absolute Gasteiger partial charge is 0.472 e. The van der Waals surface area contributed by atoms with Crippen LogP contribution in [-0.2, 0) is 65.4 Å². The molecule has 2 unspecified atom stereocenters. The molecule has 0 saturated carbocycles. The van der Waals surface area contributed by atoms with Crippen molar-refractivity contribution >= 4 is 39.5 Å². The van der Waals surface area contributed by atoms with Crippen LogP contribution in [0.4, 0.5) is 0 Å². The summed E-state index contributed by atoms with van der Waals surface area (Å²) in [7, 11) is -9.76. The van der Waals surface area contributed by atoms with E-state index in [0.29, 0.717) is 25.7 Å². The van der Waals surface area contributed by atoms with Gasteiger partial charge in [0.05, 0.1) is 26.4 Å². The van der Waals surface area contributed by atoms with Gasteiger partial charge in [0.15, 0.2) is 12.2 Å². The van der Waals surface area contributed by atoms with Gasteiger partial charge in [0.25, 0.3) is 0 Å². The predicted octanol–water partition coefficient (Wildman–Crippen LogP) is 6.24. The van der Waals surface area contributed by atoms with Gasteiger partial charge in [-0.15, -0.1) is 0 Å². The highest BCUT2D eigenvalue weighted by Gasteiger charge is 2.30. The zero-order valence-corrected chi connectivity index (χ0v) is 33.7. The molecule has 312 valence electrons. The summed E-state index contributed by atoms with van der Waals surface area (Å²) >= 11 is 0. The lowest BCUT2D eigenvalue weighted by atomic mass is 10.1. The second-order valence-corrected chi connectivity index (χ2v) is 15.5. The van der Waals surface area contributed by atoms with Gasteiger partial charge in [0.1, 0.15) is 19.3 Å². The maximum atomic E-state index is 12.5. The third-order valence-electron chi connectivity index (χ3n) is 7.32. The minimum atomic E-state index is -4.89. The molecule has 0 bridgehead atoms. The Balaban J connectivity index is 4.99.